The second-order valence-corrected chi connectivity index (χ2v) is 6.44. The van der Waals surface area contributed by atoms with E-state index in [0.29, 0.717) is 24.3 Å². The van der Waals surface area contributed by atoms with Gasteiger partial charge in [-0.1, -0.05) is 6.92 Å². The molecule has 2 aromatic carbocycles. The van der Waals surface area contributed by atoms with E-state index in [-0.39, 0.29) is 30.3 Å². The van der Waals surface area contributed by atoms with Gasteiger partial charge in [-0.15, -0.1) is 0 Å². The SMILES string of the molecule is CCCOC(=O)c1ccc(NC(=O)CN2C(=O)COc3ccc([N+](=O)[O-])cc32)cc1. The molecule has 0 fully saturated rings. The molecular formula is C20H19N3O7. The number of fused-ring (bicyclic) bond motifs is 1. The smallest absolute Gasteiger partial charge is 0.338 e. The number of nitro benzene ring substituents is 1. The minimum absolute atomic E-state index is 0.157. The lowest BCUT2D eigenvalue weighted by atomic mass is 10.2. The second kappa shape index (κ2) is 9.03. The number of esters is 1. The number of ether oxygens (including phenoxy) is 2. The Hall–Kier alpha value is -3.95. The van der Waals surface area contributed by atoms with Gasteiger partial charge in [0.1, 0.15) is 12.3 Å². The van der Waals surface area contributed by atoms with Gasteiger partial charge in [-0.3, -0.25) is 24.6 Å². The van der Waals surface area contributed by atoms with Crippen LogP contribution in [0, 0.1) is 10.1 Å². The third-order valence-electron chi connectivity index (χ3n) is 4.24. The molecule has 1 N–H and O–H groups in total. The van der Waals surface area contributed by atoms with E-state index in [2.05, 4.69) is 5.32 Å². The van der Waals surface area contributed by atoms with Crippen molar-refractivity contribution in [2.75, 3.05) is 30.0 Å². The van der Waals surface area contributed by atoms with Gasteiger partial charge in [0, 0.05) is 17.8 Å². The number of nitro groups is 1. The van der Waals surface area contributed by atoms with Gasteiger partial charge in [0.05, 0.1) is 22.8 Å². The van der Waals surface area contributed by atoms with Crippen LogP contribution in [0.1, 0.15) is 23.7 Å². The van der Waals surface area contributed by atoms with E-state index in [4.69, 9.17) is 9.47 Å². The summed E-state index contributed by atoms with van der Waals surface area (Å²) in [5.74, 6) is -1.18. The van der Waals surface area contributed by atoms with E-state index in [1.54, 1.807) is 12.1 Å². The molecule has 2 aromatic rings. The average molecular weight is 413 g/mol. The van der Waals surface area contributed by atoms with Crippen LogP contribution in [-0.2, 0) is 14.3 Å². The lowest BCUT2D eigenvalue weighted by molar-refractivity contribution is -0.384. The van der Waals surface area contributed by atoms with Gasteiger partial charge in [-0.05, 0) is 36.8 Å². The van der Waals surface area contributed by atoms with Gasteiger partial charge in [-0.25, -0.2) is 4.79 Å². The van der Waals surface area contributed by atoms with E-state index in [1.165, 1.54) is 30.3 Å². The molecule has 0 unspecified atom stereocenters. The van der Waals surface area contributed by atoms with E-state index in [9.17, 15) is 24.5 Å². The van der Waals surface area contributed by atoms with E-state index in [1.807, 2.05) is 6.92 Å². The van der Waals surface area contributed by atoms with Crippen LogP contribution < -0.4 is 15.0 Å². The van der Waals surface area contributed by atoms with Crippen LogP contribution in [-0.4, -0.2) is 42.5 Å². The fourth-order valence-corrected chi connectivity index (χ4v) is 2.79. The Bertz CT molecular complexity index is 988. The number of non-ortho nitro benzene ring substituents is 1. The van der Waals surface area contributed by atoms with Crippen molar-refractivity contribution in [2.24, 2.45) is 0 Å². The van der Waals surface area contributed by atoms with Gasteiger partial charge in [0.2, 0.25) is 5.91 Å². The van der Waals surface area contributed by atoms with Crippen LogP contribution in [0.3, 0.4) is 0 Å². The second-order valence-electron chi connectivity index (χ2n) is 6.44. The summed E-state index contributed by atoms with van der Waals surface area (Å²) in [5, 5.41) is 13.6. The normalized spacial score (nSPS) is 12.6. The first kappa shape index (κ1) is 20.8. The van der Waals surface area contributed by atoms with Crippen molar-refractivity contribution in [1.82, 2.24) is 0 Å². The molecule has 1 heterocycles. The Labute approximate surface area is 171 Å². The van der Waals surface area contributed by atoms with Gasteiger partial charge in [-0.2, -0.15) is 0 Å². The first-order valence-corrected chi connectivity index (χ1v) is 9.17. The fourth-order valence-electron chi connectivity index (χ4n) is 2.79. The zero-order valence-corrected chi connectivity index (χ0v) is 16.1. The highest BCUT2D eigenvalue weighted by Gasteiger charge is 2.29. The van der Waals surface area contributed by atoms with Gasteiger partial charge < -0.3 is 14.8 Å². The molecule has 1 aliphatic rings. The van der Waals surface area contributed by atoms with Crippen molar-refractivity contribution in [1.29, 1.82) is 0 Å². The molecule has 0 aliphatic carbocycles. The van der Waals surface area contributed by atoms with Crippen molar-refractivity contribution in [3.63, 3.8) is 0 Å². The number of benzene rings is 2. The molecule has 0 bridgehead atoms. The maximum Gasteiger partial charge on any atom is 0.338 e. The Morgan fingerprint density at radius 1 is 1.23 bits per heavy atom. The predicted octanol–water partition coefficient (Wildman–Crippen LogP) is 2.53. The molecule has 10 heteroatoms. The lowest BCUT2D eigenvalue weighted by Gasteiger charge is -2.28. The average Bonchev–Trinajstić information content (AvgIpc) is 2.74. The maximum absolute atomic E-state index is 12.4. The van der Waals surface area contributed by atoms with Crippen LogP contribution in [0.5, 0.6) is 5.75 Å². The summed E-state index contributed by atoms with van der Waals surface area (Å²) in [6.45, 7) is 1.59. The number of carbonyl (C=O) groups excluding carboxylic acids is 3. The molecule has 0 radical (unpaired) electrons. The number of anilines is 2. The van der Waals surface area contributed by atoms with Crippen LogP contribution in [0.4, 0.5) is 17.1 Å². The molecule has 10 nitrogen and oxygen atoms in total. The van der Waals surface area contributed by atoms with Gasteiger partial charge in [0.15, 0.2) is 6.61 Å². The van der Waals surface area contributed by atoms with E-state index >= 15 is 0 Å². The first-order valence-electron chi connectivity index (χ1n) is 9.17. The monoisotopic (exact) mass is 413 g/mol. The quantitative estimate of drug-likeness (QED) is 0.420. The molecule has 2 amide bonds. The molecule has 0 saturated heterocycles. The van der Waals surface area contributed by atoms with Crippen LogP contribution in [0.15, 0.2) is 42.5 Å². The third-order valence-corrected chi connectivity index (χ3v) is 4.24. The third kappa shape index (κ3) is 4.72. The number of amides is 2. The number of rotatable bonds is 7. The van der Waals surface area contributed by atoms with E-state index < -0.39 is 22.7 Å². The lowest BCUT2D eigenvalue weighted by Crippen LogP contribution is -2.43. The summed E-state index contributed by atoms with van der Waals surface area (Å²) < 4.78 is 10.3. The molecule has 3 rings (SSSR count). The fraction of sp³-hybridized carbons (Fsp3) is 0.250. The Morgan fingerprint density at radius 2 is 1.97 bits per heavy atom. The predicted molar refractivity (Wildman–Crippen MR) is 107 cm³/mol. The Balaban J connectivity index is 1.69. The summed E-state index contributed by atoms with van der Waals surface area (Å²) in [6, 6.07) is 9.97. The summed E-state index contributed by atoms with van der Waals surface area (Å²) >= 11 is 0. The van der Waals surface area contributed by atoms with Crippen LogP contribution in [0.2, 0.25) is 0 Å². The van der Waals surface area contributed by atoms with Crippen molar-refractivity contribution in [3.05, 3.63) is 58.1 Å². The molecule has 0 aromatic heterocycles. The summed E-state index contributed by atoms with van der Waals surface area (Å²) in [7, 11) is 0. The molecule has 1 aliphatic heterocycles. The van der Waals surface area contributed by atoms with Crippen LogP contribution >= 0.6 is 0 Å². The molecule has 0 spiro atoms. The largest absolute Gasteiger partial charge is 0.482 e. The minimum Gasteiger partial charge on any atom is -0.482 e. The highest BCUT2D eigenvalue weighted by atomic mass is 16.6. The van der Waals surface area contributed by atoms with Crippen molar-refractivity contribution >= 4 is 34.8 Å². The summed E-state index contributed by atoms with van der Waals surface area (Å²) in [4.78, 5) is 48.1. The van der Waals surface area contributed by atoms with E-state index in [0.717, 1.165) is 4.90 Å². The molecule has 0 saturated carbocycles. The standard InChI is InChI=1S/C20H19N3O7/c1-2-9-29-20(26)13-3-5-14(6-4-13)21-18(24)11-22-16-10-15(23(27)28)7-8-17(16)30-12-19(22)25/h3-8,10H,2,9,11-12H2,1H3,(H,21,24). The zero-order valence-electron chi connectivity index (χ0n) is 16.1. The number of nitrogens with zero attached hydrogens (tertiary/aromatic N) is 2. The molecule has 0 atom stereocenters. The highest BCUT2D eigenvalue weighted by Crippen LogP contribution is 2.35. The number of hydrogen-bond acceptors (Lipinski definition) is 7. The van der Waals surface area contributed by atoms with Gasteiger partial charge in [0.25, 0.3) is 11.6 Å². The molecular weight excluding hydrogens is 394 g/mol. The number of carbonyl (C=O) groups is 3. The van der Waals surface area contributed by atoms with Crippen molar-refractivity contribution < 1.29 is 28.8 Å². The summed E-state index contributed by atoms with van der Waals surface area (Å²) in [6.07, 6.45) is 0.715. The maximum atomic E-state index is 12.4. The van der Waals surface area contributed by atoms with Crippen molar-refractivity contribution in [2.45, 2.75) is 13.3 Å². The minimum atomic E-state index is -0.593. The van der Waals surface area contributed by atoms with Crippen LogP contribution in [0.25, 0.3) is 0 Å². The molecule has 156 valence electrons. The Kier molecular flexibility index (Phi) is 6.26. The molecule has 30 heavy (non-hydrogen) atoms. The van der Waals surface area contributed by atoms with Gasteiger partial charge >= 0.3 is 5.97 Å². The van der Waals surface area contributed by atoms with Crippen molar-refractivity contribution in [3.8, 4) is 5.75 Å². The topological polar surface area (TPSA) is 128 Å². The number of hydrogen-bond donors (Lipinski definition) is 1. The first-order chi connectivity index (χ1) is 14.4. The zero-order chi connectivity index (χ0) is 21.7. The Morgan fingerprint density at radius 3 is 2.63 bits per heavy atom. The highest BCUT2D eigenvalue weighted by molar-refractivity contribution is 6.05. The summed E-state index contributed by atoms with van der Waals surface area (Å²) in [5.41, 5.74) is 0.714. The number of nitrogens with one attached hydrogen (secondary N) is 1.